The number of aromatic nitrogens is 4. The molecule has 4 aromatic carbocycles. The number of esters is 1. The number of carbonyl (C=O) groups excluding carboxylic acids is 4. The summed E-state index contributed by atoms with van der Waals surface area (Å²) in [5.41, 5.74) is 8.23. The Balaban J connectivity index is 0.708. The predicted octanol–water partition coefficient (Wildman–Crippen LogP) is 9.76. The summed E-state index contributed by atoms with van der Waals surface area (Å²) in [6, 6.07) is 30.1. The third-order valence-corrected chi connectivity index (χ3v) is 16.6. The number of ether oxygens (including phenoxy) is 3. The van der Waals surface area contributed by atoms with Gasteiger partial charge in [0.25, 0.3) is 5.91 Å². The first-order valence-corrected chi connectivity index (χ1v) is 27.9. The van der Waals surface area contributed by atoms with Crippen LogP contribution in [0.1, 0.15) is 115 Å². The molecule has 11 rings (SSSR count). The zero-order valence-electron chi connectivity index (χ0n) is 44.8. The maximum absolute atomic E-state index is 14.1. The minimum atomic E-state index is -0.746. The Bertz CT molecular complexity index is 3350. The van der Waals surface area contributed by atoms with E-state index in [9.17, 15) is 19.2 Å². The van der Waals surface area contributed by atoms with Crippen LogP contribution in [-0.2, 0) is 39.1 Å². The van der Waals surface area contributed by atoms with Crippen molar-refractivity contribution >= 4 is 72.8 Å². The van der Waals surface area contributed by atoms with Crippen LogP contribution in [0.2, 0.25) is 0 Å². The molecule has 77 heavy (non-hydrogen) atoms. The van der Waals surface area contributed by atoms with Gasteiger partial charge in [0.05, 0.1) is 51.8 Å². The van der Waals surface area contributed by atoms with Crippen LogP contribution in [0.5, 0.6) is 5.75 Å². The maximum Gasteiger partial charge on any atom is 0.358 e. The van der Waals surface area contributed by atoms with Crippen LogP contribution in [0.3, 0.4) is 0 Å². The topological polar surface area (TPSA) is 173 Å². The number of piperazine rings is 1. The standard InChI is InChI=1S/C60H67N9O7S/c1-36(67-30-32-68(33-31-67)48-17-10-15-44-53(65-66(6)55(44)48)45-25-27-52(70)63-57(45)72)35-74-39-20-22-40(23-21-39)75-49-18-11-13-41(37(49)2)42-24-26-51(62-54(42)58(73)76-60(3,4)5)69-29-28-38-12-9-14-43(46(38)34-69)56(71)64-59-61-47-16-7-8-19-50(47)77-59/h7-19,24,26,36,39-40,45H,20-23,25,27-35H2,1-6H3,(H,61,64,71)(H,63,70,72)/t36-,39?,40?,45?/m1/s1. The first-order valence-electron chi connectivity index (χ1n) is 27.1. The molecule has 1 unspecified atom stereocenters. The van der Waals surface area contributed by atoms with Gasteiger partial charge in [0, 0.05) is 75.3 Å². The van der Waals surface area contributed by atoms with E-state index < -0.39 is 17.5 Å². The molecule has 16 nitrogen and oxygen atoms in total. The zero-order valence-corrected chi connectivity index (χ0v) is 45.6. The van der Waals surface area contributed by atoms with Crippen molar-refractivity contribution in [2.75, 3.05) is 54.4 Å². The van der Waals surface area contributed by atoms with Gasteiger partial charge in [-0.2, -0.15) is 5.10 Å². The molecule has 2 atom stereocenters. The van der Waals surface area contributed by atoms with Crippen molar-refractivity contribution in [2.24, 2.45) is 7.05 Å². The molecule has 3 aromatic heterocycles. The number of amides is 3. The molecule has 3 aliphatic heterocycles. The number of pyridine rings is 1. The Hall–Kier alpha value is -7.21. The summed E-state index contributed by atoms with van der Waals surface area (Å²) in [4.78, 5) is 69.3. The lowest BCUT2D eigenvalue weighted by Crippen LogP contribution is -2.51. The van der Waals surface area contributed by atoms with Crippen LogP contribution in [0.4, 0.5) is 16.6 Å². The fraction of sp³-hybridized carbons (Fsp3) is 0.417. The predicted molar refractivity (Wildman–Crippen MR) is 300 cm³/mol. The Labute approximate surface area is 453 Å². The Morgan fingerprint density at radius 1 is 0.818 bits per heavy atom. The Morgan fingerprint density at radius 3 is 2.36 bits per heavy atom. The average Bonchev–Trinajstić information content (AvgIpc) is 4.04. The van der Waals surface area contributed by atoms with E-state index in [1.54, 1.807) is 0 Å². The van der Waals surface area contributed by atoms with Crippen molar-refractivity contribution in [3.05, 3.63) is 125 Å². The van der Waals surface area contributed by atoms with Gasteiger partial charge in [-0.3, -0.25) is 34.6 Å². The second kappa shape index (κ2) is 21.7. The molecule has 1 saturated carbocycles. The van der Waals surface area contributed by atoms with Crippen LogP contribution in [0, 0.1) is 6.92 Å². The second-order valence-electron chi connectivity index (χ2n) is 22.0. The average molecular weight is 1060 g/mol. The molecular weight excluding hydrogens is 991 g/mol. The molecule has 400 valence electrons. The SMILES string of the molecule is Cc1c(OC2CCC(OC[C@@H](C)N3CCN(c4cccc5c(C6CCC(=O)NC6=O)nn(C)c45)CC3)CC2)cccc1-c1ccc(N2CCc3cccc(C(=O)Nc4nc5ccccc5s4)c3C2)nc1C(=O)OC(C)(C)C. The number of piperidine rings is 1. The van der Waals surface area contributed by atoms with Crippen molar-refractivity contribution in [1.82, 2.24) is 30.0 Å². The van der Waals surface area contributed by atoms with E-state index in [2.05, 4.69) is 49.4 Å². The summed E-state index contributed by atoms with van der Waals surface area (Å²) in [6.45, 7) is 15.1. The highest BCUT2D eigenvalue weighted by Gasteiger charge is 2.34. The van der Waals surface area contributed by atoms with E-state index in [0.717, 1.165) is 112 Å². The summed E-state index contributed by atoms with van der Waals surface area (Å²) >= 11 is 1.45. The number of rotatable bonds is 13. The molecule has 0 radical (unpaired) electrons. The molecule has 17 heteroatoms. The number of nitrogens with one attached hydrogen (secondary N) is 2. The lowest BCUT2D eigenvalue weighted by atomic mass is 9.92. The van der Waals surface area contributed by atoms with Gasteiger partial charge in [0.15, 0.2) is 10.8 Å². The number of nitrogens with zero attached hydrogens (tertiary/aromatic N) is 7. The van der Waals surface area contributed by atoms with Crippen molar-refractivity contribution in [1.29, 1.82) is 0 Å². The molecule has 2 N–H and O–H groups in total. The van der Waals surface area contributed by atoms with E-state index >= 15 is 0 Å². The molecule has 0 spiro atoms. The van der Waals surface area contributed by atoms with Gasteiger partial charge in [0.1, 0.15) is 17.2 Å². The summed E-state index contributed by atoms with van der Waals surface area (Å²) in [5.74, 6) is -0.250. The first kappa shape index (κ1) is 51.9. The largest absolute Gasteiger partial charge is 0.490 e. The van der Waals surface area contributed by atoms with E-state index in [-0.39, 0.29) is 41.7 Å². The summed E-state index contributed by atoms with van der Waals surface area (Å²) in [7, 11) is 1.93. The van der Waals surface area contributed by atoms with Crippen LogP contribution in [0.15, 0.2) is 91.0 Å². The number of imide groups is 1. The molecule has 1 aliphatic carbocycles. The van der Waals surface area contributed by atoms with Crippen LogP contribution >= 0.6 is 11.3 Å². The first-order chi connectivity index (χ1) is 37.1. The number of aryl methyl sites for hydroxylation is 1. The number of hydrogen-bond acceptors (Lipinski definition) is 14. The lowest BCUT2D eigenvalue weighted by molar-refractivity contribution is -0.134. The van der Waals surface area contributed by atoms with Gasteiger partial charge < -0.3 is 24.0 Å². The number of anilines is 3. The number of thiazole rings is 1. The van der Waals surface area contributed by atoms with Crippen LogP contribution in [0.25, 0.3) is 32.2 Å². The number of benzene rings is 4. The maximum atomic E-state index is 14.1. The molecule has 2 saturated heterocycles. The normalized spacial score (nSPS) is 19.7. The van der Waals surface area contributed by atoms with E-state index in [1.807, 2.05) is 118 Å². The van der Waals surface area contributed by atoms with E-state index in [4.69, 9.17) is 24.3 Å². The van der Waals surface area contributed by atoms with Crippen LogP contribution in [-0.4, -0.2) is 112 Å². The highest BCUT2D eigenvalue weighted by atomic mass is 32.1. The number of fused-ring (bicyclic) bond motifs is 3. The zero-order chi connectivity index (χ0) is 53.5. The second-order valence-corrected chi connectivity index (χ2v) is 23.0. The van der Waals surface area contributed by atoms with Gasteiger partial charge in [-0.25, -0.2) is 14.8 Å². The van der Waals surface area contributed by atoms with Crippen molar-refractivity contribution < 1.29 is 33.4 Å². The molecule has 7 aromatic rings. The summed E-state index contributed by atoms with van der Waals surface area (Å²) in [6.07, 6.45) is 5.24. The molecule has 3 fully saturated rings. The fourth-order valence-corrected chi connectivity index (χ4v) is 12.4. The molecule has 4 aliphatic rings. The fourth-order valence-electron chi connectivity index (χ4n) is 11.5. The van der Waals surface area contributed by atoms with Crippen LogP contribution < -0.4 is 25.2 Å². The minimum Gasteiger partial charge on any atom is -0.490 e. The number of para-hydroxylation sites is 2. The van der Waals surface area contributed by atoms with Crippen molar-refractivity contribution in [3.8, 4) is 16.9 Å². The van der Waals surface area contributed by atoms with Crippen molar-refractivity contribution in [2.45, 2.75) is 116 Å². The Morgan fingerprint density at radius 2 is 1.58 bits per heavy atom. The molecule has 6 heterocycles. The Kier molecular flexibility index (Phi) is 14.6. The van der Waals surface area contributed by atoms with E-state index in [1.165, 1.54) is 11.3 Å². The highest BCUT2D eigenvalue weighted by Crippen LogP contribution is 2.39. The van der Waals surface area contributed by atoms with Gasteiger partial charge in [-0.15, -0.1) is 0 Å². The lowest BCUT2D eigenvalue weighted by Gasteiger charge is -2.40. The third-order valence-electron chi connectivity index (χ3n) is 15.6. The summed E-state index contributed by atoms with van der Waals surface area (Å²) in [5, 5.41) is 11.9. The third kappa shape index (κ3) is 11.0. The van der Waals surface area contributed by atoms with E-state index in [0.29, 0.717) is 61.0 Å². The minimum absolute atomic E-state index is 0.0271. The quantitative estimate of drug-likeness (QED) is 0.0826. The number of hydrogen-bond donors (Lipinski definition) is 2. The highest BCUT2D eigenvalue weighted by molar-refractivity contribution is 7.22. The molecule has 3 amide bonds. The molecule has 0 bridgehead atoms. The van der Waals surface area contributed by atoms with Gasteiger partial charge in [-0.05, 0) is 138 Å². The number of carbonyl (C=O) groups is 4. The molecular formula is C60H67N9O7S. The van der Waals surface area contributed by atoms with Crippen molar-refractivity contribution in [3.63, 3.8) is 0 Å². The smallest absolute Gasteiger partial charge is 0.358 e. The monoisotopic (exact) mass is 1060 g/mol. The van der Waals surface area contributed by atoms with Gasteiger partial charge in [-0.1, -0.05) is 59.9 Å². The van der Waals surface area contributed by atoms with Gasteiger partial charge in [0.2, 0.25) is 11.8 Å². The summed E-state index contributed by atoms with van der Waals surface area (Å²) < 4.78 is 22.3. The van der Waals surface area contributed by atoms with Gasteiger partial charge >= 0.3 is 5.97 Å².